The molecular weight excluding hydrogens is 278 g/mol. The van der Waals surface area contributed by atoms with Crippen LogP contribution in [0.15, 0.2) is 36.4 Å². The Morgan fingerprint density at radius 2 is 2.05 bits per heavy atom. The molecule has 0 spiro atoms. The molecule has 0 amide bonds. The zero-order valence-electron chi connectivity index (χ0n) is 12.5. The maximum Gasteiger partial charge on any atom is 0.205 e. The molecule has 4 heteroatoms. The van der Waals surface area contributed by atoms with E-state index in [-0.39, 0.29) is 5.78 Å². The maximum atomic E-state index is 12.8. The van der Waals surface area contributed by atoms with Crippen LogP contribution in [0.3, 0.4) is 0 Å². The van der Waals surface area contributed by atoms with Gasteiger partial charge in [0.2, 0.25) is 5.78 Å². The fourth-order valence-electron chi connectivity index (χ4n) is 3.45. The maximum absolute atomic E-state index is 12.8. The summed E-state index contributed by atoms with van der Waals surface area (Å²) in [4.78, 5) is 12.8. The molecule has 1 aliphatic heterocycles. The monoisotopic (exact) mass is 295 g/mol. The molecule has 1 heterocycles. The minimum Gasteiger partial charge on any atom is -0.481 e. The Kier molecular flexibility index (Phi) is 2.49. The van der Waals surface area contributed by atoms with Crippen LogP contribution in [0.2, 0.25) is 0 Å². The number of carbonyl (C=O) groups is 1. The van der Waals surface area contributed by atoms with Crippen LogP contribution in [-0.4, -0.2) is 10.9 Å². The summed E-state index contributed by atoms with van der Waals surface area (Å²) in [6, 6.07) is 10.9. The van der Waals surface area contributed by atoms with Gasteiger partial charge in [0.25, 0.3) is 0 Å². The van der Waals surface area contributed by atoms with Crippen molar-refractivity contribution in [3.8, 4) is 5.75 Å². The molecule has 0 saturated heterocycles. The van der Waals surface area contributed by atoms with E-state index in [1.807, 2.05) is 12.1 Å². The molecular formula is C18H17NO3. The quantitative estimate of drug-likeness (QED) is 0.793. The zero-order valence-corrected chi connectivity index (χ0v) is 12.5. The number of nitrogen functional groups attached to an aromatic ring is 1. The summed E-state index contributed by atoms with van der Waals surface area (Å²) in [5, 5.41) is 11.1. The zero-order chi connectivity index (χ0) is 15.6. The number of anilines is 1. The molecule has 2 aromatic carbocycles. The lowest BCUT2D eigenvalue weighted by Crippen LogP contribution is -2.34. The van der Waals surface area contributed by atoms with Gasteiger partial charge >= 0.3 is 0 Å². The van der Waals surface area contributed by atoms with Gasteiger partial charge < -0.3 is 15.6 Å². The van der Waals surface area contributed by atoms with E-state index in [0.717, 1.165) is 5.56 Å². The number of benzene rings is 2. The molecule has 112 valence electrons. The Labute approximate surface area is 128 Å². The number of ether oxygens (including phenoxy) is 1. The first kappa shape index (κ1) is 13.3. The van der Waals surface area contributed by atoms with Crippen molar-refractivity contribution in [2.24, 2.45) is 0 Å². The van der Waals surface area contributed by atoms with Crippen molar-refractivity contribution in [3.05, 3.63) is 58.7 Å². The fourth-order valence-corrected chi connectivity index (χ4v) is 3.45. The van der Waals surface area contributed by atoms with E-state index in [9.17, 15) is 9.90 Å². The van der Waals surface area contributed by atoms with Gasteiger partial charge in [0.15, 0.2) is 11.7 Å². The van der Waals surface area contributed by atoms with Gasteiger partial charge in [0, 0.05) is 16.8 Å². The van der Waals surface area contributed by atoms with E-state index >= 15 is 0 Å². The first-order valence-corrected chi connectivity index (χ1v) is 7.41. The summed E-state index contributed by atoms with van der Waals surface area (Å²) in [6.07, 6.45) is -0.712. The molecule has 3 N–H and O–H groups in total. The van der Waals surface area contributed by atoms with Crippen LogP contribution >= 0.6 is 0 Å². The van der Waals surface area contributed by atoms with E-state index in [2.05, 4.69) is 13.8 Å². The minimum atomic E-state index is -1.66. The molecule has 2 atom stereocenters. The Morgan fingerprint density at radius 3 is 2.77 bits per heavy atom. The Morgan fingerprint density at radius 1 is 1.27 bits per heavy atom. The highest BCUT2D eigenvalue weighted by Gasteiger charge is 2.60. The molecule has 22 heavy (non-hydrogen) atoms. The third kappa shape index (κ3) is 1.43. The number of fused-ring (bicyclic) bond motifs is 5. The van der Waals surface area contributed by atoms with Gasteiger partial charge in [-0.3, -0.25) is 4.79 Å². The number of carbonyl (C=O) groups excluding carboxylic acids is 1. The third-order valence-electron chi connectivity index (χ3n) is 4.69. The lowest BCUT2D eigenvalue weighted by atomic mass is 9.88. The predicted octanol–water partition coefficient (Wildman–Crippen LogP) is 2.91. The van der Waals surface area contributed by atoms with Gasteiger partial charge in [0.05, 0.1) is 5.56 Å². The van der Waals surface area contributed by atoms with Crippen molar-refractivity contribution in [3.63, 3.8) is 0 Å². The van der Waals surface area contributed by atoms with Crippen LogP contribution in [0.5, 0.6) is 5.75 Å². The largest absolute Gasteiger partial charge is 0.481 e. The summed E-state index contributed by atoms with van der Waals surface area (Å²) in [5.74, 6) is 0.560. The van der Waals surface area contributed by atoms with Crippen LogP contribution in [0.4, 0.5) is 5.69 Å². The minimum absolute atomic E-state index is 0.350. The van der Waals surface area contributed by atoms with Gasteiger partial charge in [-0.1, -0.05) is 38.1 Å². The fraction of sp³-hybridized carbons (Fsp3) is 0.278. The number of hydrogen-bond acceptors (Lipinski definition) is 4. The molecule has 0 aromatic heterocycles. The second-order valence-electron chi connectivity index (χ2n) is 6.32. The molecule has 4 nitrogen and oxygen atoms in total. The van der Waals surface area contributed by atoms with Crippen molar-refractivity contribution in [2.45, 2.75) is 31.5 Å². The smallest absolute Gasteiger partial charge is 0.205 e. The van der Waals surface area contributed by atoms with Crippen LogP contribution < -0.4 is 10.5 Å². The number of ketones is 1. The number of aliphatic hydroxyl groups is 1. The second kappa shape index (κ2) is 4.11. The molecule has 4 rings (SSSR count). The second-order valence-corrected chi connectivity index (χ2v) is 6.32. The van der Waals surface area contributed by atoms with Crippen molar-refractivity contribution < 1.29 is 14.6 Å². The highest BCUT2D eigenvalue weighted by molar-refractivity contribution is 6.12. The van der Waals surface area contributed by atoms with Gasteiger partial charge in [-0.05, 0) is 23.6 Å². The predicted molar refractivity (Wildman–Crippen MR) is 83.0 cm³/mol. The standard InChI is InChI=1S/C18H17NO3/c1-9(2)10-6-7-12-14(8-10)22-17-11-4-3-5-13(19)15(11)16(20)18(12,17)21/h3-9,17,21H,19H2,1-2H3. The average Bonchev–Trinajstić information content (AvgIpc) is 2.90. The summed E-state index contributed by atoms with van der Waals surface area (Å²) in [5.41, 5.74) is 7.33. The van der Waals surface area contributed by atoms with E-state index < -0.39 is 11.7 Å². The van der Waals surface area contributed by atoms with Gasteiger partial charge in [-0.2, -0.15) is 0 Å². The topological polar surface area (TPSA) is 72.5 Å². The average molecular weight is 295 g/mol. The summed E-state index contributed by atoms with van der Waals surface area (Å²) in [7, 11) is 0. The number of nitrogens with two attached hydrogens (primary N) is 1. The van der Waals surface area contributed by atoms with Crippen LogP contribution in [0.25, 0.3) is 0 Å². The number of hydrogen-bond donors (Lipinski definition) is 2. The molecule has 0 radical (unpaired) electrons. The molecule has 2 aliphatic rings. The number of rotatable bonds is 1. The Bertz CT molecular complexity index is 812. The summed E-state index contributed by atoms with van der Waals surface area (Å²) >= 11 is 0. The van der Waals surface area contributed by atoms with E-state index in [1.54, 1.807) is 24.3 Å². The highest BCUT2D eigenvalue weighted by atomic mass is 16.5. The van der Waals surface area contributed by atoms with Crippen LogP contribution in [0, 0.1) is 0 Å². The van der Waals surface area contributed by atoms with Gasteiger partial charge in [0.1, 0.15) is 5.75 Å². The lowest BCUT2D eigenvalue weighted by molar-refractivity contribution is -0.0125. The van der Waals surface area contributed by atoms with Gasteiger partial charge in [-0.25, -0.2) is 0 Å². The first-order chi connectivity index (χ1) is 10.4. The van der Waals surface area contributed by atoms with Crippen molar-refractivity contribution in [1.82, 2.24) is 0 Å². The van der Waals surface area contributed by atoms with Crippen LogP contribution in [-0.2, 0) is 5.60 Å². The Balaban J connectivity index is 1.91. The van der Waals surface area contributed by atoms with Crippen molar-refractivity contribution in [1.29, 1.82) is 0 Å². The van der Waals surface area contributed by atoms with Crippen molar-refractivity contribution in [2.75, 3.05) is 5.73 Å². The molecule has 1 aliphatic carbocycles. The van der Waals surface area contributed by atoms with E-state index in [0.29, 0.717) is 34.0 Å². The Hall–Kier alpha value is -2.33. The third-order valence-corrected chi connectivity index (χ3v) is 4.69. The van der Waals surface area contributed by atoms with Gasteiger partial charge in [-0.15, -0.1) is 0 Å². The van der Waals surface area contributed by atoms with E-state index in [1.165, 1.54) is 0 Å². The van der Waals surface area contributed by atoms with Crippen molar-refractivity contribution >= 4 is 11.5 Å². The summed E-state index contributed by atoms with van der Waals surface area (Å²) in [6.45, 7) is 4.18. The van der Waals surface area contributed by atoms with E-state index in [4.69, 9.17) is 10.5 Å². The molecule has 0 bridgehead atoms. The molecule has 0 saturated carbocycles. The number of Topliss-reactive ketones (excluding diaryl/α,β-unsaturated/α-hetero) is 1. The highest BCUT2D eigenvalue weighted by Crippen LogP contribution is 2.56. The normalized spacial score (nSPS) is 24.9. The molecule has 2 unspecified atom stereocenters. The van der Waals surface area contributed by atoms with Crippen LogP contribution in [0.1, 0.15) is 52.9 Å². The molecule has 2 aromatic rings. The summed E-state index contributed by atoms with van der Waals surface area (Å²) < 4.78 is 5.95. The lowest BCUT2D eigenvalue weighted by Gasteiger charge is -2.19. The first-order valence-electron chi connectivity index (χ1n) is 7.41. The SMILES string of the molecule is CC(C)c1ccc2c(c1)OC1c3cccc(N)c3C(=O)C21O. The molecule has 0 fully saturated rings.